The van der Waals surface area contributed by atoms with Crippen LogP contribution in [0.4, 0.5) is 0 Å². The highest BCUT2D eigenvalue weighted by Crippen LogP contribution is 2.36. The van der Waals surface area contributed by atoms with Crippen molar-refractivity contribution in [1.82, 2.24) is 5.32 Å². The smallest absolute Gasteiger partial charge is 0.119 e. The Morgan fingerprint density at radius 1 is 1.05 bits per heavy atom. The molecule has 0 aliphatic heterocycles. The molecule has 1 atom stereocenters. The molecule has 0 saturated heterocycles. The summed E-state index contributed by atoms with van der Waals surface area (Å²) >= 11 is 0. The number of ether oxygens (including phenoxy) is 1. The number of benzene rings is 2. The number of aryl methyl sites for hydroxylation is 1. The number of fused-ring (bicyclic) bond motifs is 1. The highest BCUT2D eigenvalue weighted by atomic mass is 16.5. The molecule has 0 heterocycles. The molecule has 0 saturated carbocycles. The van der Waals surface area contributed by atoms with Crippen molar-refractivity contribution in [1.29, 1.82) is 0 Å². The van der Waals surface area contributed by atoms with Crippen LogP contribution in [0.3, 0.4) is 0 Å². The van der Waals surface area contributed by atoms with Crippen molar-refractivity contribution in [2.24, 2.45) is 0 Å². The molecule has 2 N–H and O–H groups in total. The van der Waals surface area contributed by atoms with E-state index in [4.69, 9.17) is 4.74 Å². The Morgan fingerprint density at radius 2 is 1.81 bits per heavy atom. The topological polar surface area (TPSA) is 41.5 Å². The van der Waals surface area contributed by atoms with Crippen LogP contribution in [-0.4, -0.2) is 24.9 Å². The van der Waals surface area contributed by atoms with E-state index >= 15 is 0 Å². The molecule has 1 unspecified atom stereocenters. The van der Waals surface area contributed by atoms with Crippen molar-refractivity contribution >= 4 is 0 Å². The lowest BCUT2D eigenvalue weighted by molar-refractivity contribution is 0.153. The Morgan fingerprint density at radius 3 is 2.62 bits per heavy atom. The molecule has 0 spiro atoms. The molecule has 0 fully saturated rings. The average molecular weight is 283 g/mol. The van der Waals surface area contributed by atoms with Crippen molar-refractivity contribution in [3.63, 3.8) is 0 Å². The second-order valence-corrected chi connectivity index (χ2v) is 5.49. The number of hydrogen-bond donors (Lipinski definition) is 2. The third-order valence-corrected chi connectivity index (χ3v) is 4.20. The number of para-hydroxylation sites is 1. The summed E-state index contributed by atoms with van der Waals surface area (Å²) in [6, 6.07) is 18.2. The minimum absolute atomic E-state index is 0.120. The summed E-state index contributed by atoms with van der Waals surface area (Å²) in [5.74, 6) is 0.879. The molecular formula is C18H21NO2. The minimum atomic E-state index is -0.309. The van der Waals surface area contributed by atoms with E-state index in [9.17, 15) is 5.11 Å². The van der Waals surface area contributed by atoms with Gasteiger partial charge in [-0.3, -0.25) is 0 Å². The maximum atomic E-state index is 9.88. The zero-order valence-electron chi connectivity index (χ0n) is 12.1. The van der Waals surface area contributed by atoms with E-state index in [0.717, 1.165) is 18.6 Å². The highest BCUT2D eigenvalue weighted by molar-refractivity contribution is 5.38. The molecule has 0 radical (unpaired) electrons. The SMILES string of the molecule is OCC1(NCCOc2ccccc2)CCc2ccccc21. The van der Waals surface area contributed by atoms with Gasteiger partial charge in [0.15, 0.2) is 0 Å². The van der Waals surface area contributed by atoms with Gasteiger partial charge in [-0.25, -0.2) is 0 Å². The van der Waals surface area contributed by atoms with Crippen molar-refractivity contribution in [2.75, 3.05) is 19.8 Å². The largest absolute Gasteiger partial charge is 0.492 e. The van der Waals surface area contributed by atoms with Crippen LogP contribution in [-0.2, 0) is 12.0 Å². The molecule has 0 bridgehead atoms. The minimum Gasteiger partial charge on any atom is -0.492 e. The molecule has 3 nitrogen and oxygen atoms in total. The molecule has 3 heteroatoms. The number of aliphatic hydroxyl groups is 1. The van der Waals surface area contributed by atoms with Gasteiger partial charge in [0.2, 0.25) is 0 Å². The zero-order valence-corrected chi connectivity index (χ0v) is 12.1. The molecule has 2 aromatic carbocycles. The second kappa shape index (κ2) is 6.29. The van der Waals surface area contributed by atoms with E-state index < -0.39 is 0 Å². The molecular weight excluding hydrogens is 262 g/mol. The van der Waals surface area contributed by atoms with E-state index in [-0.39, 0.29) is 12.1 Å². The molecule has 2 aromatic rings. The van der Waals surface area contributed by atoms with Crippen LogP contribution in [0.5, 0.6) is 5.75 Å². The van der Waals surface area contributed by atoms with Crippen LogP contribution < -0.4 is 10.1 Å². The maximum absolute atomic E-state index is 9.88. The Balaban J connectivity index is 1.59. The van der Waals surface area contributed by atoms with Crippen LogP contribution in [0.25, 0.3) is 0 Å². The quantitative estimate of drug-likeness (QED) is 0.800. The van der Waals surface area contributed by atoms with Gasteiger partial charge in [0, 0.05) is 6.54 Å². The first-order valence-electron chi connectivity index (χ1n) is 7.46. The summed E-state index contributed by atoms with van der Waals surface area (Å²) in [7, 11) is 0. The Kier molecular flexibility index (Phi) is 4.23. The molecule has 0 aromatic heterocycles. The molecule has 0 amide bonds. The fraction of sp³-hybridized carbons (Fsp3) is 0.333. The van der Waals surface area contributed by atoms with Gasteiger partial charge in [-0.15, -0.1) is 0 Å². The lowest BCUT2D eigenvalue weighted by atomic mass is 9.93. The monoisotopic (exact) mass is 283 g/mol. The van der Waals surface area contributed by atoms with Crippen molar-refractivity contribution < 1.29 is 9.84 Å². The Bertz CT molecular complexity index is 585. The number of hydrogen-bond acceptors (Lipinski definition) is 3. The molecule has 1 aliphatic rings. The first-order valence-corrected chi connectivity index (χ1v) is 7.46. The summed E-state index contributed by atoms with van der Waals surface area (Å²) in [6.07, 6.45) is 1.96. The standard InChI is InChI=1S/C18H21NO2/c20-14-18(11-10-15-6-4-5-9-17(15)18)19-12-13-21-16-7-2-1-3-8-16/h1-9,19-20H,10-14H2. The summed E-state index contributed by atoms with van der Waals surface area (Å²) in [4.78, 5) is 0. The first-order chi connectivity index (χ1) is 10.3. The number of aliphatic hydroxyl groups excluding tert-OH is 1. The average Bonchev–Trinajstić information content (AvgIpc) is 2.92. The summed E-state index contributed by atoms with van der Waals surface area (Å²) in [5.41, 5.74) is 2.26. The van der Waals surface area contributed by atoms with Gasteiger partial charge in [-0.2, -0.15) is 0 Å². The van der Waals surface area contributed by atoms with Gasteiger partial charge >= 0.3 is 0 Å². The third kappa shape index (κ3) is 2.94. The van der Waals surface area contributed by atoms with Crippen LogP contribution in [0.1, 0.15) is 17.5 Å². The van der Waals surface area contributed by atoms with E-state index in [1.807, 2.05) is 36.4 Å². The van der Waals surface area contributed by atoms with Gasteiger partial charge in [-0.05, 0) is 36.1 Å². The van der Waals surface area contributed by atoms with Gasteiger partial charge in [-0.1, -0.05) is 42.5 Å². The van der Waals surface area contributed by atoms with Gasteiger partial charge < -0.3 is 15.2 Å². The van der Waals surface area contributed by atoms with E-state index in [2.05, 4.69) is 23.5 Å². The normalized spacial score (nSPS) is 20.2. The number of nitrogens with one attached hydrogen (secondary N) is 1. The third-order valence-electron chi connectivity index (χ3n) is 4.20. The van der Waals surface area contributed by atoms with Crippen LogP contribution in [0.2, 0.25) is 0 Å². The Labute approximate surface area is 125 Å². The molecule has 110 valence electrons. The summed E-state index contributed by atoms with van der Waals surface area (Å²) in [5, 5.41) is 13.4. The van der Waals surface area contributed by atoms with Crippen molar-refractivity contribution in [3.05, 3.63) is 65.7 Å². The molecule has 21 heavy (non-hydrogen) atoms. The van der Waals surface area contributed by atoms with Crippen LogP contribution in [0.15, 0.2) is 54.6 Å². The maximum Gasteiger partial charge on any atom is 0.119 e. The fourth-order valence-corrected chi connectivity index (χ4v) is 3.07. The number of rotatable bonds is 6. The van der Waals surface area contributed by atoms with E-state index in [1.165, 1.54) is 11.1 Å². The van der Waals surface area contributed by atoms with Gasteiger partial charge in [0.25, 0.3) is 0 Å². The lowest BCUT2D eigenvalue weighted by Gasteiger charge is -2.29. The van der Waals surface area contributed by atoms with Gasteiger partial charge in [0.05, 0.1) is 12.1 Å². The second-order valence-electron chi connectivity index (χ2n) is 5.49. The van der Waals surface area contributed by atoms with Crippen LogP contribution >= 0.6 is 0 Å². The molecule has 1 aliphatic carbocycles. The fourth-order valence-electron chi connectivity index (χ4n) is 3.07. The zero-order chi connectivity index (χ0) is 14.5. The summed E-state index contributed by atoms with van der Waals surface area (Å²) < 4.78 is 5.70. The van der Waals surface area contributed by atoms with E-state index in [1.54, 1.807) is 0 Å². The van der Waals surface area contributed by atoms with Crippen molar-refractivity contribution in [2.45, 2.75) is 18.4 Å². The van der Waals surface area contributed by atoms with E-state index in [0.29, 0.717) is 13.2 Å². The van der Waals surface area contributed by atoms with Gasteiger partial charge in [0.1, 0.15) is 12.4 Å². The predicted octanol–water partition coefficient (Wildman–Crippen LogP) is 2.49. The Hall–Kier alpha value is -1.84. The lowest BCUT2D eigenvalue weighted by Crippen LogP contribution is -2.45. The van der Waals surface area contributed by atoms with Crippen molar-refractivity contribution in [3.8, 4) is 5.75 Å². The highest BCUT2D eigenvalue weighted by Gasteiger charge is 2.37. The van der Waals surface area contributed by atoms with Crippen LogP contribution in [0, 0.1) is 0 Å². The first kappa shape index (κ1) is 14.1. The summed E-state index contributed by atoms with van der Waals surface area (Å²) in [6.45, 7) is 1.42. The predicted molar refractivity (Wildman–Crippen MR) is 83.5 cm³/mol. The molecule has 3 rings (SSSR count).